The van der Waals surface area contributed by atoms with Gasteiger partial charge in [0.1, 0.15) is 5.82 Å². The highest BCUT2D eigenvalue weighted by atomic mass is 35.5. The molecular weight excluding hydrogens is 486 g/mol. The molecule has 0 radical (unpaired) electrons. The lowest BCUT2D eigenvalue weighted by molar-refractivity contribution is 0.0954. The number of unbranched alkanes of at least 4 members (excludes halogenated alkanes) is 1. The first-order chi connectivity index (χ1) is 18.1. The summed E-state index contributed by atoms with van der Waals surface area (Å²) in [6.07, 6.45) is 5.12. The number of para-hydroxylation sites is 2. The van der Waals surface area contributed by atoms with Gasteiger partial charge in [-0.1, -0.05) is 35.9 Å². The van der Waals surface area contributed by atoms with Crippen LogP contribution < -0.4 is 14.8 Å². The van der Waals surface area contributed by atoms with Gasteiger partial charge in [0.2, 0.25) is 0 Å². The maximum Gasteiger partial charge on any atom is 0.251 e. The van der Waals surface area contributed by atoms with Crippen LogP contribution >= 0.6 is 11.6 Å². The smallest absolute Gasteiger partial charge is 0.251 e. The third-order valence-electron chi connectivity index (χ3n) is 6.12. The number of benzene rings is 3. The Bertz CT molecular complexity index is 1350. The van der Waals surface area contributed by atoms with E-state index in [1.54, 1.807) is 31.4 Å². The van der Waals surface area contributed by atoms with Crippen LogP contribution in [0.3, 0.4) is 0 Å². The van der Waals surface area contributed by atoms with Gasteiger partial charge < -0.3 is 19.4 Å². The summed E-state index contributed by atoms with van der Waals surface area (Å²) in [4.78, 5) is 17.3. The van der Waals surface area contributed by atoms with E-state index in [2.05, 4.69) is 22.5 Å². The molecule has 1 amide bonds. The molecule has 0 saturated carbocycles. The maximum atomic E-state index is 12.5. The topological polar surface area (TPSA) is 65.4 Å². The molecule has 0 atom stereocenters. The van der Waals surface area contributed by atoms with Gasteiger partial charge in [-0.05, 0) is 73.4 Å². The molecular formula is C30H32ClN3O3. The molecule has 4 rings (SSSR count). The number of nitrogens with zero attached hydrogens (tertiary/aromatic N) is 2. The fourth-order valence-electron chi connectivity index (χ4n) is 4.24. The van der Waals surface area contributed by atoms with Gasteiger partial charge in [0.25, 0.3) is 5.91 Å². The van der Waals surface area contributed by atoms with E-state index in [9.17, 15) is 4.79 Å². The highest BCUT2D eigenvalue weighted by molar-refractivity contribution is 6.30. The number of amides is 1. The molecule has 0 saturated heterocycles. The molecule has 0 bridgehead atoms. The van der Waals surface area contributed by atoms with E-state index >= 15 is 0 Å². The van der Waals surface area contributed by atoms with Gasteiger partial charge in [-0.3, -0.25) is 4.79 Å². The van der Waals surface area contributed by atoms with E-state index < -0.39 is 0 Å². The highest BCUT2D eigenvalue weighted by Gasteiger charge is 2.12. The first-order valence-electron chi connectivity index (χ1n) is 12.5. The third kappa shape index (κ3) is 6.92. The normalized spacial score (nSPS) is 10.9. The number of hydrogen-bond donors (Lipinski definition) is 1. The molecule has 37 heavy (non-hydrogen) atoms. The number of halogens is 1. The van der Waals surface area contributed by atoms with Gasteiger partial charge in [-0.2, -0.15) is 0 Å². The summed E-state index contributed by atoms with van der Waals surface area (Å²) in [6, 6.07) is 21.0. The van der Waals surface area contributed by atoms with Crippen molar-refractivity contribution in [2.45, 2.75) is 32.2 Å². The molecule has 0 spiro atoms. The predicted octanol–water partition coefficient (Wildman–Crippen LogP) is 6.26. The van der Waals surface area contributed by atoms with Crippen LogP contribution in [-0.4, -0.2) is 35.7 Å². The molecule has 192 valence electrons. The Kier molecular flexibility index (Phi) is 9.22. The lowest BCUT2D eigenvalue weighted by Gasteiger charge is -2.13. The molecule has 0 aliphatic rings. The zero-order valence-corrected chi connectivity index (χ0v) is 21.8. The minimum absolute atomic E-state index is 0.121. The Morgan fingerprint density at radius 3 is 2.68 bits per heavy atom. The first-order valence-corrected chi connectivity index (χ1v) is 12.9. The highest BCUT2D eigenvalue weighted by Crippen LogP contribution is 2.28. The largest absolute Gasteiger partial charge is 0.493 e. The predicted molar refractivity (Wildman–Crippen MR) is 149 cm³/mol. The van der Waals surface area contributed by atoms with Gasteiger partial charge in [0.15, 0.2) is 11.5 Å². The average Bonchev–Trinajstić information content (AvgIpc) is 3.26. The number of imidazole rings is 1. The second-order valence-corrected chi connectivity index (χ2v) is 9.15. The summed E-state index contributed by atoms with van der Waals surface area (Å²) in [5.74, 6) is 2.32. The van der Waals surface area contributed by atoms with Crippen LogP contribution in [0.1, 0.15) is 34.6 Å². The molecule has 0 aliphatic carbocycles. The minimum Gasteiger partial charge on any atom is -0.493 e. The number of methoxy groups -OCH3 is 1. The van der Waals surface area contributed by atoms with Crippen molar-refractivity contribution in [2.75, 3.05) is 20.3 Å². The summed E-state index contributed by atoms with van der Waals surface area (Å²) >= 11 is 5.92. The van der Waals surface area contributed by atoms with E-state index in [1.165, 1.54) is 0 Å². The van der Waals surface area contributed by atoms with Crippen molar-refractivity contribution in [2.24, 2.45) is 0 Å². The average molecular weight is 518 g/mol. The number of carbonyl (C=O) groups is 1. The van der Waals surface area contributed by atoms with Crippen LogP contribution in [0.25, 0.3) is 11.0 Å². The van der Waals surface area contributed by atoms with Gasteiger partial charge in [-0.25, -0.2) is 4.98 Å². The van der Waals surface area contributed by atoms with Crippen molar-refractivity contribution >= 4 is 28.5 Å². The first kappa shape index (κ1) is 26.3. The molecule has 4 aromatic rings. The fourth-order valence-corrected chi connectivity index (χ4v) is 4.36. The van der Waals surface area contributed by atoms with Crippen molar-refractivity contribution in [1.82, 2.24) is 14.9 Å². The molecule has 3 aromatic carbocycles. The molecule has 7 heteroatoms. The number of hydrogen-bond acceptors (Lipinski definition) is 4. The number of rotatable bonds is 13. The van der Waals surface area contributed by atoms with Crippen molar-refractivity contribution in [3.63, 3.8) is 0 Å². The summed E-state index contributed by atoms with van der Waals surface area (Å²) in [7, 11) is 1.66. The quantitative estimate of drug-likeness (QED) is 0.168. The molecule has 1 aromatic heterocycles. The van der Waals surface area contributed by atoms with Crippen LogP contribution in [0.4, 0.5) is 0 Å². The summed E-state index contributed by atoms with van der Waals surface area (Å²) < 4.78 is 13.7. The zero-order valence-electron chi connectivity index (χ0n) is 21.1. The van der Waals surface area contributed by atoms with Crippen LogP contribution in [0.2, 0.25) is 5.02 Å². The molecule has 0 fully saturated rings. The lowest BCUT2D eigenvalue weighted by atomic mass is 10.1. The standard InChI is InChI=1S/C30H32ClN3O3/c1-3-8-22-11-16-27(28(21-22)36-2)37-20-7-6-19-34-26-10-5-4-9-25(26)33-29(34)17-18-32-30(35)23-12-14-24(31)15-13-23/h3-5,9-16,21H,1,6-8,17-20H2,2H3,(H,32,35). The number of aromatic nitrogens is 2. The van der Waals surface area contributed by atoms with E-state index in [0.29, 0.717) is 30.2 Å². The number of nitrogens with one attached hydrogen (secondary N) is 1. The monoisotopic (exact) mass is 517 g/mol. The maximum absolute atomic E-state index is 12.5. The Balaban J connectivity index is 1.32. The van der Waals surface area contributed by atoms with Crippen molar-refractivity contribution in [3.8, 4) is 11.5 Å². The van der Waals surface area contributed by atoms with E-state index in [4.69, 9.17) is 26.1 Å². The summed E-state index contributed by atoms with van der Waals surface area (Å²) in [5.41, 5.74) is 3.79. The molecule has 0 unspecified atom stereocenters. The summed E-state index contributed by atoms with van der Waals surface area (Å²) in [6.45, 7) is 5.70. The van der Waals surface area contributed by atoms with Crippen molar-refractivity contribution < 1.29 is 14.3 Å². The zero-order chi connectivity index (χ0) is 26.0. The molecule has 0 aliphatic heterocycles. The van der Waals surface area contributed by atoms with Crippen molar-refractivity contribution in [1.29, 1.82) is 0 Å². The second-order valence-electron chi connectivity index (χ2n) is 8.71. The minimum atomic E-state index is -0.121. The number of aryl methyl sites for hydroxylation is 1. The van der Waals surface area contributed by atoms with E-state index in [0.717, 1.165) is 59.7 Å². The van der Waals surface area contributed by atoms with Gasteiger partial charge in [-0.15, -0.1) is 6.58 Å². The Hall–Kier alpha value is -3.77. The number of fused-ring (bicyclic) bond motifs is 1. The fraction of sp³-hybridized carbons (Fsp3) is 0.267. The van der Waals surface area contributed by atoms with Crippen LogP contribution in [0, 0.1) is 0 Å². The Morgan fingerprint density at radius 1 is 1.08 bits per heavy atom. The van der Waals surface area contributed by atoms with Crippen LogP contribution in [0.15, 0.2) is 79.4 Å². The molecule has 1 heterocycles. The van der Waals surface area contributed by atoms with Crippen LogP contribution in [-0.2, 0) is 19.4 Å². The number of allylic oxidation sites excluding steroid dienone is 1. The summed E-state index contributed by atoms with van der Waals surface area (Å²) in [5, 5.41) is 3.59. The second kappa shape index (κ2) is 13.0. The Labute approximate surface area is 222 Å². The van der Waals surface area contributed by atoms with E-state index in [1.807, 2.05) is 42.5 Å². The van der Waals surface area contributed by atoms with Gasteiger partial charge in [0, 0.05) is 30.1 Å². The lowest BCUT2D eigenvalue weighted by Crippen LogP contribution is -2.26. The Morgan fingerprint density at radius 2 is 1.89 bits per heavy atom. The molecule has 6 nitrogen and oxygen atoms in total. The van der Waals surface area contributed by atoms with E-state index in [-0.39, 0.29) is 5.91 Å². The number of carbonyl (C=O) groups excluding carboxylic acids is 1. The van der Waals surface area contributed by atoms with Crippen LogP contribution in [0.5, 0.6) is 11.5 Å². The SMILES string of the molecule is C=CCc1ccc(OCCCCn2c(CCNC(=O)c3ccc(Cl)cc3)nc3ccccc32)c(OC)c1. The van der Waals surface area contributed by atoms with Gasteiger partial charge >= 0.3 is 0 Å². The molecule has 1 N–H and O–H groups in total. The van der Waals surface area contributed by atoms with Crippen molar-refractivity contribution in [3.05, 3.63) is 101 Å². The van der Waals surface area contributed by atoms with Gasteiger partial charge in [0.05, 0.1) is 24.8 Å². The third-order valence-corrected chi connectivity index (χ3v) is 6.37. The number of ether oxygens (including phenoxy) is 2.